The first-order valence-corrected chi connectivity index (χ1v) is 9.02. The van der Waals surface area contributed by atoms with E-state index in [1.54, 1.807) is 11.8 Å². The van der Waals surface area contributed by atoms with Gasteiger partial charge in [-0.05, 0) is 50.3 Å². The number of hydrogen-bond acceptors (Lipinski definition) is 3. The van der Waals surface area contributed by atoms with Crippen molar-refractivity contribution in [1.29, 1.82) is 0 Å². The van der Waals surface area contributed by atoms with Crippen LogP contribution in [-0.2, 0) is 4.79 Å². The van der Waals surface area contributed by atoms with Crippen LogP contribution in [0, 0.1) is 11.3 Å². The van der Waals surface area contributed by atoms with Gasteiger partial charge in [0.2, 0.25) is 0 Å². The Morgan fingerprint density at radius 2 is 1.96 bits per heavy atom. The zero-order valence-corrected chi connectivity index (χ0v) is 15.0. The number of benzene rings is 1. The third-order valence-electron chi connectivity index (χ3n) is 5.52. The molecule has 0 radical (unpaired) electrons. The minimum absolute atomic E-state index is 0.227. The molecule has 2 saturated heterocycles. The number of nitrogens with one attached hydrogen (secondary N) is 1. The molecular weight excluding hydrogens is 318 g/mol. The van der Waals surface area contributed by atoms with Gasteiger partial charge in [0.05, 0.1) is 5.41 Å². The topological polar surface area (TPSA) is 72.9 Å². The third kappa shape index (κ3) is 3.89. The summed E-state index contributed by atoms with van der Waals surface area (Å²) in [7, 11) is 0. The summed E-state index contributed by atoms with van der Waals surface area (Å²) in [5, 5.41) is 12.2. The van der Waals surface area contributed by atoms with Crippen LogP contribution >= 0.6 is 0 Å². The SMILES string of the molecule is CC1CCN(c2cccc(NC(=O)N3CCC(C)(C(=O)O)C3)c2)CC1. The fraction of sp³-hybridized carbons (Fsp3) is 0.579. The number of anilines is 2. The lowest BCUT2D eigenvalue weighted by molar-refractivity contribution is -0.146. The van der Waals surface area contributed by atoms with Crippen LogP contribution < -0.4 is 10.2 Å². The quantitative estimate of drug-likeness (QED) is 0.882. The van der Waals surface area contributed by atoms with Gasteiger partial charge in [-0.3, -0.25) is 4.79 Å². The molecule has 6 nitrogen and oxygen atoms in total. The summed E-state index contributed by atoms with van der Waals surface area (Å²) >= 11 is 0. The van der Waals surface area contributed by atoms with Crippen LogP contribution in [0.5, 0.6) is 0 Å². The molecule has 1 unspecified atom stereocenters. The molecule has 3 rings (SSSR count). The fourth-order valence-corrected chi connectivity index (χ4v) is 3.56. The molecule has 25 heavy (non-hydrogen) atoms. The van der Waals surface area contributed by atoms with Gasteiger partial charge in [0, 0.05) is 37.6 Å². The van der Waals surface area contributed by atoms with Crippen molar-refractivity contribution in [1.82, 2.24) is 4.90 Å². The normalized spacial score (nSPS) is 24.4. The van der Waals surface area contributed by atoms with Crippen molar-refractivity contribution in [2.45, 2.75) is 33.1 Å². The predicted octanol–water partition coefficient (Wildman–Crippen LogP) is 3.25. The molecule has 0 aromatic heterocycles. The van der Waals surface area contributed by atoms with Crippen molar-refractivity contribution < 1.29 is 14.7 Å². The highest BCUT2D eigenvalue weighted by molar-refractivity contribution is 5.91. The zero-order chi connectivity index (χ0) is 18.0. The number of carboxylic acids is 1. The second kappa shape index (κ2) is 6.94. The summed E-state index contributed by atoms with van der Waals surface area (Å²) in [4.78, 5) is 27.7. The predicted molar refractivity (Wildman–Crippen MR) is 98.0 cm³/mol. The Morgan fingerprint density at radius 1 is 1.24 bits per heavy atom. The van der Waals surface area contributed by atoms with Crippen LogP contribution in [0.1, 0.15) is 33.1 Å². The Morgan fingerprint density at radius 3 is 2.60 bits per heavy atom. The second-order valence-corrected chi connectivity index (χ2v) is 7.69. The first kappa shape index (κ1) is 17.6. The van der Waals surface area contributed by atoms with E-state index in [4.69, 9.17) is 0 Å². The average molecular weight is 345 g/mol. The lowest BCUT2D eigenvalue weighted by atomic mass is 9.90. The Labute approximate surface area is 148 Å². The average Bonchev–Trinajstić information content (AvgIpc) is 3.00. The Balaban J connectivity index is 1.62. The molecule has 2 N–H and O–H groups in total. The number of amides is 2. The minimum Gasteiger partial charge on any atom is -0.481 e. The van der Waals surface area contributed by atoms with E-state index in [1.165, 1.54) is 12.8 Å². The number of carboxylic acid groups (broad SMARTS) is 1. The van der Waals surface area contributed by atoms with Gasteiger partial charge in [0.15, 0.2) is 0 Å². The van der Waals surface area contributed by atoms with Gasteiger partial charge in [-0.15, -0.1) is 0 Å². The summed E-state index contributed by atoms with van der Waals surface area (Å²) in [5.41, 5.74) is 1.04. The molecule has 0 aliphatic carbocycles. The van der Waals surface area contributed by atoms with Gasteiger partial charge in [-0.1, -0.05) is 13.0 Å². The van der Waals surface area contributed by atoms with Crippen LogP contribution in [0.25, 0.3) is 0 Å². The summed E-state index contributed by atoms with van der Waals surface area (Å²) in [6.45, 7) is 6.79. The fourth-order valence-electron chi connectivity index (χ4n) is 3.56. The van der Waals surface area contributed by atoms with Gasteiger partial charge in [-0.25, -0.2) is 4.79 Å². The largest absolute Gasteiger partial charge is 0.481 e. The summed E-state index contributed by atoms with van der Waals surface area (Å²) in [6, 6.07) is 7.67. The Bertz CT molecular complexity index is 655. The number of hydrogen-bond donors (Lipinski definition) is 2. The van der Waals surface area contributed by atoms with Crippen LogP contribution in [-0.4, -0.2) is 48.2 Å². The lowest BCUT2D eigenvalue weighted by Gasteiger charge is -2.32. The van der Waals surface area contributed by atoms with E-state index >= 15 is 0 Å². The number of carbonyl (C=O) groups excluding carboxylic acids is 1. The Kier molecular flexibility index (Phi) is 4.88. The van der Waals surface area contributed by atoms with Crippen molar-refractivity contribution in [2.24, 2.45) is 11.3 Å². The first-order chi connectivity index (χ1) is 11.9. The first-order valence-electron chi connectivity index (χ1n) is 9.02. The second-order valence-electron chi connectivity index (χ2n) is 7.69. The highest BCUT2D eigenvalue weighted by Crippen LogP contribution is 2.31. The molecule has 2 amide bonds. The van der Waals surface area contributed by atoms with E-state index in [1.807, 2.05) is 18.2 Å². The molecular formula is C19H27N3O3. The summed E-state index contributed by atoms with van der Waals surface area (Å²) in [6.07, 6.45) is 2.87. The van der Waals surface area contributed by atoms with Crippen molar-refractivity contribution in [3.63, 3.8) is 0 Å². The summed E-state index contributed by atoms with van der Waals surface area (Å²) < 4.78 is 0. The van der Waals surface area contributed by atoms with Gasteiger partial charge >= 0.3 is 12.0 Å². The highest BCUT2D eigenvalue weighted by atomic mass is 16.4. The van der Waals surface area contributed by atoms with Crippen molar-refractivity contribution in [3.05, 3.63) is 24.3 Å². The third-order valence-corrected chi connectivity index (χ3v) is 5.52. The van der Waals surface area contributed by atoms with Gasteiger partial charge in [-0.2, -0.15) is 0 Å². The van der Waals surface area contributed by atoms with E-state index in [9.17, 15) is 14.7 Å². The maximum absolute atomic E-state index is 12.5. The molecule has 0 spiro atoms. The van der Waals surface area contributed by atoms with Gasteiger partial charge < -0.3 is 20.2 Å². The zero-order valence-electron chi connectivity index (χ0n) is 15.0. The number of piperidine rings is 1. The molecule has 2 fully saturated rings. The molecule has 136 valence electrons. The van der Waals surface area contributed by atoms with Crippen LogP contribution in [0.15, 0.2) is 24.3 Å². The highest BCUT2D eigenvalue weighted by Gasteiger charge is 2.42. The van der Waals surface area contributed by atoms with Crippen LogP contribution in [0.2, 0.25) is 0 Å². The van der Waals surface area contributed by atoms with E-state index in [2.05, 4.69) is 23.2 Å². The molecule has 2 aliphatic rings. The molecule has 0 bridgehead atoms. The smallest absolute Gasteiger partial charge is 0.321 e. The maximum atomic E-state index is 12.5. The molecule has 0 saturated carbocycles. The number of nitrogens with zero attached hydrogens (tertiary/aromatic N) is 2. The number of rotatable bonds is 3. The Hall–Kier alpha value is -2.24. The van der Waals surface area contributed by atoms with Crippen LogP contribution in [0.3, 0.4) is 0 Å². The maximum Gasteiger partial charge on any atom is 0.321 e. The number of aliphatic carboxylic acids is 1. The van der Waals surface area contributed by atoms with Crippen LogP contribution in [0.4, 0.5) is 16.2 Å². The standard InChI is InChI=1S/C19H27N3O3/c1-14-6-9-21(10-7-14)16-5-3-4-15(12-16)20-18(25)22-11-8-19(2,13-22)17(23)24/h3-5,12,14H,6-11,13H2,1-2H3,(H,20,25)(H,23,24). The number of urea groups is 1. The van der Waals surface area contributed by atoms with Gasteiger partial charge in [0.1, 0.15) is 0 Å². The molecule has 2 aliphatic heterocycles. The van der Waals surface area contributed by atoms with Crippen molar-refractivity contribution in [2.75, 3.05) is 36.4 Å². The van der Waals surface area contributed by atoms with E-state index in [0.29, 0.717) is 13.0 Å². The van der Waals surface area contributed by atoms with Crippen molar-refractivity contribution in [3.8, 4) is 0 Å². The lowest BCUT2D eigenvalue weighted by Crippen LogP contribution is -2.37. The summed E-state index contributed by atoms with van der Waals surface area (Å²) in [5.74, 6) is -0.0676. The van der Waals surface area contributed by atoms with Gasteiger partial charge in [0.25, 0.3) is 0 Å². The van der Waals surface area contributed by atoms with E-state index in [0.717, 1.165) is 30.4 Å². The molecule has 2 heterocycles. The molecule has 1 aromatic rings. The minimum atomic E-state index is -0.844. The monoisotopic (exact) mass is 345 g/mol. The number of likely N-dealkylation sites (tertiary alicyclic amines) is 1. The van der Waals surface area contributed by atoms with Crippen molar-refractivity contribution >= 4 is 23.4 Å². The molecule has 1 atom stereocenters. The van der Waals surface area contributed by atoms with E-state index < -0.39 is 11.4 Å². The number of carbonyl (C=O) groups is 2. The van der Waals surface area contributed by atoms with E-state index in [-0.39, 0.29) is 12.6 Å². The molecule has 6 heteroatoms. The molecule has 1 aromatic carbocycles.